The summed E-state index contributed by atoms with van der Waals surface area (Å²) < 4.78 is 0. The molecule has 0 aliphatic heterocycles. The van der Waals surface area contributed by atoms with Gasteiger partial charge in [-0.05, 0) is 41.9 Å². The van der Waals surface area contributed by atoms with Crippen LogP contribution in [0.2, 0.25) is 0 Å². The summed E-state index contributed by atoms with van der Waals surface area (Å²) in [4.78, 5) is 4.23. The van der Waals surface area contributed by atoms with Crippen molar-refractivity contribution in [1.82, 2.24) is 4.98 Å². The molecule has 92 valence electrons. The van der Waals surface area contributed by atoms with Crippen LogP contribution in [-0.2, 0) is 0 Å². The molecular formula is C16H18N2. The average molecular weight is 238 g/mol. The number of rotatable bonds is 3. The molecule has 1 saturated carbocycles. The number of benzene rings is 1. The molecule has 18 heavy (non-hydrogen) atoms. The van der Waals surface area contributed by atoms with Gasteiger partial charge >= 0.3 is 0 Å². The maximum atomic E-state index is 6.36. The Hall–Kier alpha value is -1.67. The molecule has 0 bridgehead atoms. The van der Waals surface area contributed by atoms with Crippen LogP contribution in [0.1, 0.15) is 35.1 Å². The Morgan fingerprint density at radius 1 is 1.22 bits per heavy atom. The molecule has 3 rings (SSSR count). The van der Waals surface area contributed by atoms with E-state index in [2.05, 4.69) is 48.3 Å². The first kappa shape index (κ1) is 11.4. The maximum Gasteiger partial charge on any atom is 0.0345 e. The van der Waals surface area contributed by atoms with Crippen molar-refractivity contribution in [1.29, 1.82) is 0 Å². The summed E-state index contributed by atoms with van der Waals surface area (Å²) in [6.45, 7) is 2.06. The Kier molecular flexibility index (Phi) is 2.88. The number of aromatic nitrogens is 1. The van der Waals surface area contributed by atoms with Crippen molar-refractivity contribution in [3.05, 3.63) is 65.5 Å². The number of nitrogens with zero attached hydrogens (tertiary/aromatic N) is 1. The fourth-order valence-electron chi connectivity index (χ4n) is 2.70. The minimum atomic E-state index is 0.114. The quantitative estimate of drug-likeness (QED) is 0.891. The molecule has 3 unspecified atom stereocenters. The van der Waals surface area contributed by atoms with E-state index < -0.39 is 0 Å². The van der Waals surface area contributed by atoms with E-state index >= 15 is 0 Å². The summed E-state index contributed by atoms with van der Waals surface area (Å²) in [6, 6.07) is 12.9. The van der Waals surface area contributed by atoms with Crippen molar-refractivity contribution in [3.63, 3.8) is 0 Å². The van der Waals surface area contributed by atoms with Crippen molar-refractivity contribution >= 4 is 0 Å². The van der Waals surface area contributed by atoms with Gasteiger partial charge in [0.2, 0.25) is 0 Å². The van der Waals surface area contributed by atoms with E-state index in [0.29, 0.717) is 11.8 Å². The summed E-state index contributed by atoms with van der Waals surface area (Å²) >= 11 is 0. The molecule has 1 aromatic heterocycles. The number of pyridine rings is 1. The lowest BCUT2D eigenvalue weighted by atomic mass is 10.0. The van der Waals surface area contributed by atoms with Crippen LogP contribution in [-0.4, -0.2) is 4.98 Å². The van der Waals surface area contributed by atoms with Crippen molar-refractivity contribution in [2.75, 3.05) is 0 Å². The Balaban J connectivity index is 1.75. The molecule has 1 heterocycles. The van der Waals surface area contributed by atoms with Crippen LogP contribution >= 0.6 is 0 Å². The monoisotopic (exact) mass is 238 g/mol. The second-order valence-corrected chi connectivity index (χ2v) is 5.24. The molecule has 2 N–H and O–H groups in total. The van der Waals surface area contributed by atoms with Gasteiger partial charge in [0.25, 0.3) is 0 Å². The first-order valence-electron chi connectivity index (χ1n) is 6.48. The molecule has 2 aromatic rings. The molecule has 0 spiro atoms. The molecule has 2 heteroatoms. The highest BCUT2D eigenvalue weighted by Crippen LogP contribution is 2.53. The Morgan fingerprint density at radius 3 is 2.72 bits per heavy atom. The summed E-state index contributed by atoms with van der Waals surface area (Å²) in [5.41, 5.74) is 10.1. The number of aryl methyl sites for hydroxylation is 1. The van der Waals surface area contributed by atoms with Gasteiger partial charge in [-0.15, -0.1) is 0 Å². The van der Waals surface area contributed by atoms with Crippen LogP contribution in [0.5, 0.6) is 0 Å². The van der Waals surface area contributed by atoms with Crippen LogP contribution in [0.4, 0.5) is 0 Å². The largest absolute Gasteiger partial charge is 0.324 e. The van der Waals surface area contributed by atoms with Gasteiger partial charge in [-0.3, -0.25) is 4.98 Å². The van der Waals surface area contributed by atoms with E-state index in [1.807, 2.05) is 12.4 Å². The third-order valence-corrected chi connectivity index (χ3v) is 3.81. The smallest absolute Gasteiger partial charge is 0.0345 e. The van der Waals surface area contributed by atoms with Crippen molar-refractivity contribution in [3.8, 4) is 0 Å². The fourth-order valence-corrected chi connectivity index (χ4v) is 2.70. The number of hydrogen-bond acceptors (Lipinski definition) is 2. The SMILES string of the molecule is Cc1cncc(C(N)C2CC2c2ccccc2)c1. The lowest BCUT2D eigenvalue weighted by Gasteiger charge is -2.12. The van der Waals surface area contributed by atoms with Gasteiger partial charge < -0.3 is 5.73 Å². The summed E-state index contributed by atoms with van der Waals surface area (Å²) in [5.74, 6) is 1.19. The van der Waals surface area contributed by atoms with Crippen LogP contribution in [0.25, 0.3) is 0 Å². The first-order chi connectivity index (χ1) is 8.75. The molecule has 1 aliphatic carbocycles. The fraction of sp³-hybridized carbons (Fsp3) is 0.312. The second-order valence-electron chi connectivity index (χ2n) is 5.24. The highest BCUT2D eigenvalue weighted by atomic mass is 14.7. The summed E-state index contributed by atoms with van der Waals surface area (Å²) in [5, 5.41) is 0. The van der Waals surface area contributed by atoms with E-state index in [9.17, 15) is 0 Å². The van der Waals surface area contributed by atoms with E-state index in [-0.39, 0.29) is 6.04 Å². The van der Waals surface area contributed by atoms with Crippen molar-refractivity contribution < 1.29 is 0 Å². The Labute approximate surface area is 108 Å². The second kappa shape index (κ2) is 4.54. The molecule has 3 atom stereocenters. The van der Waals surface area contributed by atoms with Crippen molar-refractivity contribution in [2.24, 2.45) is 11.7 Å². The van der Waals surface area contributed by atoms with Gasteiger partial charge in [0.15, 0.2) is 0 Å². The molecular weight excluding hydrogens is 220 g/mol. The standard InChI is InChI=1S/C16H18N2/c1-11-7-13(10-18-9-11)16(17)15-8-14(15)12-5-3-2-4-6-12/h2-7,9-10,14-16H,8,17H2,1H3. The molecule has 1 aliphatic rings. The van der Waals surface area contributed by atoms with Gasteiger partial charge in [0.1, 0.15) is 0 Å². The molecule has 0 saturated heterocycles. The van der Waals surface area contributed by atoms with Crippen LogP contribution in [0.3, 0.4) is 0 Å². The van der Waals surface area contributed by atoms with Crippen LogP contribution in [0.15, 0.2) is 48.8 Å². The van der Waals surface area contributed by atoms with Crippen LogP contribution in [0, 0.1) is 12.8 Å². The lowest BCUT2D eigenvalue weighted by Crippen LogP contribution is -2.14. The zero-order valence-corrected chi connectivity index (χ0v) is 10.6. The van der Waals surface area contributed by atoms with E-state index in [4.69, 9.17) is 5.73 Å². The minimum absolute atomic E-state index is 0.114. The van der Waals surface area contributed by atoms with Crippen LogP contribution < -0.4 is 5.73 Å². The third kappa shape index (κ3) is 2.16. The van der Waals surface area contributed by atoms with Gasteiger partial charge in [-0.2, -0.15) is 0 Å². The summed E-state index contributed by atoms with van der Waals surface area (Å²) in [7, 11) is 0. The molecule has 0 amide bonds. The number of nitrogens with two attached hydrogens (primary N) is 1. The predicted molar refractivity (Wildman–Crippen MR) is 73.2 cm³/mol. The normalized spacial score (nSPS) is 23.7. The van der Waals surface area contributed by atoms with Gasteiger partial charge in [-0.1, -0.05) is 36.4 Å². The highest BCUT2D eigenvalue weighted by molar-refractivity contribution is 5.30. The Bertz CT molecular complexity index is 536. The average Bonchev–Trinajstić information content (AvgIpc) is 3.19. The minimum Gasteiger partial charge on any atom is -0.324 e. The topological polar surface area (TPSA) is 38.9 Å². The third-order valence-electron chi connectivity index (χ3n) is 3.81. The summed E-state index contributed by atoms with van der Waals surface area (Å²) in [6.07, 6.45) is 4.97. The maximum absolute atomic E-state index is 6.36. The molecule has 2 nitrogen and oxygen atoms in total. The molecule has 1 fully saturated rings. The Morgan fingerprint density at radius 2 is 2.00 bits per heavy atom. The van der Waals surface area contributed by atoms with Gasteiger partial charge in [-0.25, -0.2) is 0 Å². The van der Waals surface area contributed by atoms with Gasteiger partial charge in [0, 0.05) is 18.4 Å². The lowest BCUT2D eigenvalue weighted by molar-refractivity contribution is 0.613. The zero-order chi connectivity index (χ0) is 12.5. The first-order valence-corrected chi connectivity index (χ1v) is 6.48. The van der Waals surface area contributed by atoms with E-state index in [0.717, 1.165) is 0 Å². The highest BCUT2D eigenvalue weighted by Gasteiger charge is 2.42. The predicted octanol–water partition coefficient (Wildman–Crippen LogP) is 3.19. The van der Waals surface area contributed by atoms with Gasteiger partial charge in [0.05, 0.1) is 0 Å². The van der Waals surface area contributed by atoms with E-state index in [1.54, 1.807) is 0 Å². The zero-order valence-electron chi connectivity index (χ0n) is 10.6. The molecule has 0 radical (unpaired) electrons. The van der Waals surface area contributed by atoms with E-state index in [1.165, 1.54) is 23.1 Å². The molecule has 1 aromatic carbocycles. The van der Waals surface area contributed by atoms with Crippen molar-refractivity contribution in [2.45, 2.75) is 25.3 Å². The number of hydrogen-bond donors (Lipinski definition) is 1.